The summed E-state index contributed by atoms with van der Waals surface area (Å²) < 4.78 is 0. The molecule has 2 heterocycles. The third kappa shape index (κ3) is 2.39. The smallest absolute Gasteiger partial charge is 0.273 e. The number of hydrogen-bond acceptors (Lipinski definition) is 3. The Balaban J connectivity index is 1.71. The van der Waals surface area contributed by atoms with Crippen molar-refractivity contribution < 1.29 is 4.84 Å². The van der Waals surface area contributed by atoms with Gasteiger partial charge in [0.15, 0.2) is 0 Å². The second-order valence-corrected chi connectivity index (χ2v) is 4.45. The Morgan fingerprint density at radius 1 is 1.20 bits per heavy atom. The Bertz CT molecular complexity index is 240. The Morgan fingerprint density at radius 2 is 2.07 bits per heavy atom. The van der Waals surface area contributed by atoms with Gasteiger partial charge < -0.3 is 9.74 Å². The minimum atomic E-state index is 0.492. The van der Waals surface area contributed by atoms with Crippen molar-refractivity contribution >= 4 is 0 Å². The van der Waals surface area contributed by atoms with Crippen LogP contribution in [-0.4, -0.2) is 22.7 Å². The maximum absolute atomic E-state index is 5.33. The molecule has 0 radical (unpaired) electrons. The lowest BCUT2D eigenvalue weighted by Crippen LogP contribution is -2.34. The van der Waals surface area contributed by atoms with Crippen molar-refractivity contribution in [1.82, 2.24) is 9.96 Å². The number of nitrogens with zero attached hydrogens (tertiary/aromatic N) is 2. The first-order chi connectivity index (χ1) is 7.36. The lowest BCUT2D eigenvalue weighted by atomic mass is 10.2. The fourth-order valence-corrected chi connectivity index (χ4v) is 2.21. The highest BCUT2D eigenvalue weighted by molar-refractivity contribution is 5.09. The predicted molar refractivity (Wildman–Crippen MR) is 60.6 cm³/mol. The van der Waals surface area contributed by atoms with E-state index >= 15 is 0 Å². The average Bonchev–Trinajstić information content (AvgIpc) is 2.92. The van der Waals surface area contributed by atoms with Gasteiger partial charge >= 0.3 is 0 Å². The van der Waals surface area contributed by atoms with Gasteiger partial charge in [0.2, 0.25) is 0 Å². The van der Waals surface area contributed by atoms with E-state index in [9.17, 15) is 0 Å². The Morgan fingerprint density at radius 3 is 2.80 bits per heavy atom. The van der Waals surface area contributed by atoms with Gasteiger partial charge in [-0.2, -0.15) is 0 Å². The highest BCUT2D eigenvalue weighted by atomic mass is 16.8. The summed E-state index contributed by atoms with van der Waals surface area (Å²) in [6.07, 6.45) is 10.4. The maximum atomic E-state index is 5.33. The van der Waals surface area contributed by atoms with E-state index in [4.69, 9.17) is 4.84 Å². The molecule has 86 valence electrons. The summed E-state index contributed by atoms with van der Waals surface area (Å²) in [4.78, 5) is 7.77. The quantitative estimate of drug-likeness (QED) is 0.475. The van der Waals surface area contributed by atoms with Crippen LogP contribution >= 0.6 is 0 Å². The van der Waals surface area contributed by atoms with Crippen LogP contribution in [0.4, 0.5) is 0 Å². The molecule has 0 amide bonds. The van der Waals surface area contributed by atoms with Crippen LogP contribution in [0.3, 0.4) is 0 Å². The third-order valence-corrected chi connectivity index (χ3v) is 3.12. The SMILES string of the molecule is CCCCCCN1C=C2ON2C1CCC. The largest absolute Gasteiger partial charge is 0.352 e. The van der Waals surface area contributed by atoms with E-state index < -0.39 is 0 Å². The van der Waals surface area contributed by atoms with Crippen LogP contribution < -0.4 is 0 Å². The predicted octanol–water partition coefficient (Wildman–Crippen LogP) is 3.05. The molecule has 3 heteroatoms. The van der Waals surface area contributed by atoms with Crippen molar-refractivity contribution in [1.29, 1.82) is 0 Å². The normalized spacial score (nSPS) is 22.5. The molecule has 0 aliphatic carbocycles. The van der Waals surface area contributed by atoms with Gasteiger partial charge in [-0.15, -0.1) is 5.06 Å². The average molecular weight is 210 g/mol. The van der Waals surface area contributed by atoms with Crippen molar-refractivity contribution in [2.75, 3.05) is 6.54 Å². The summed E-state index contributed by atoms with van der Waals surface area (Å²) in [5, 5.41) is 2.04. The molecule has 1 fully saturated rings. The Hall–Kier alpha value is -0.860. The molecule has 3 nitrogen and oxygen atoms in total. The van der Waals surface area contributed by atoms with Gasteiger partial charge in [0.25, 0.3) is 5.88 Å². The summed E-state index contributed by atoms with van der Waals surface area (Å²) in [5.41, 5.74) is 0. The molecule has 1 saturated heterocycles. The van der Waals surface area contributed by atoms with Gasteiger partial charge in [0, 0.05) is 6.54 Å². The number of hydroxylamine groups is 2. The van der Waals surface area contributed by atoms with Gasteiger partial charge in [-0.1, -0.05) is 39.5 Å². The zero-order chi connectivity index (χ0) is 10.7. The summed E-state index contributed by atoms with van der Waals surface area (Å²) in [5.74, 6) is 1.07. The van der Waals surface area contributed by atoms with E-state index in [2.05, 4.69) is 24.9 Å². The summed E-state index contributed by atoms with van der Waals surface area (Å²) in [6, 6.07) is 0. The van der Waals surface area contributed by atoms with Gasteiger partial charge in [-0.05, 0) is 12.8 Å². The van der Waals surface area contributed by atoms with E-state index in [1.165, 1.54) is 45.1 Å². The van der Waals surface area contributed by atoms with E-state index in [0.29, 0.717) is 6.17 Å². The van der Waals surface area contributed by atoms with Crippen LogP contribution in [0.2, 0.25) is 0 Å². The van der Waals surface area contributed by atoms with Crippen molar-refractivity contribution in [3.05, 3.63) is 12.1 Å². The molecular formula is C12H22N2O. The molecular weight excluding hydrogens is 188 g/mol. The molecule has 1 unspecified atom stereocenters. The first-order valence-corrected chi connectivity index (χ1v) is 6.31. The van der Waals surface area contributed by atoms with E-state index in [-0.39, 0.29) is 0 Å². The molecule has 2 aliphatic heterocycles. The topological polar surface area (TPSA) is 18.8 Å². The minimum absolute atomic E-state index is 0.492. The zero-order valence-electron chi connectivity index (χ0n) is 9.91. The molecule has 0 saturated carbocycles. The van der Waals surface area contributed by atoms with Crippen LogP contribution in [0.15, 0.2) is 12.1 Å². The number of hydrogen-bond donors (Lipinski definition) is 0. The van der Waals surface area contributed by atoms with Gasteiger partial charge in [-0.25, -0.2) is 0 Å². The second kappa shape index (κ2) is 4.77. The van der Waals surface area contributed by atoms with Crippen molar-refractivity contribution in [3.8, 4) is 0 Å². The molecule has 0 aromatic heterocycles. The molecule has 0 spiro atoms. The second-order valence-electron chi connectivity index (χ2n) is 4.45. The van der Waals surface area contributed by atoms with Crippen LogP contribution in [-0.2, 0) is 4.84 Å². The number of rotatable bonds is 7. The molecule has 0 aromatic rings. The fourth-order valence-electron chi connectivity index (χ4n) is 2.21. The first kappa shape index (κ1) is 10.7. The molecule has 15 heavy (non-hydrogen) atoms. The first-order valence-electron chi connectivity index (χ1n) is 6.31. The van der Waals surface area contributed by atoms with E-state index in [1.54, 1.807) is 0 Å². The lowest BCUT2D eigenvalue weighted by Gasteiger charge is -2.25. The van der Waals surface area contributed by atoms with Crippen molar-refractivity contribution in [2.24, 2.45) is 0 Å². The summed E-state index contributed by atoms with van der Waals surface area (Å²) in [6.45, 7) is 5.68. The molecule has 1 atom stereocenters. The minimum Gasteiger partial charge on any atom is -0.352 e. The van der Waals surface area contributed by atoms with Crippen molar-refractivity contribution in [2.45, 2.75) is 58.5 Å². The Labute approximate surface area is 92.6 Å². The molecule has 0 aromatic carbocycles. The summed E-state index contributed by atoms with van der Waals surface area (Å²) >= 11 is 0. The standard InChI is InChI=1S/C12H22N2O/c1-3-5-6-7-9-13-10-12-14(15-12)11(13)8-4-2/h10-11H,3-9H2,1-2H3. The summed E-state index contributed by atoms with van der Waals surface area (Å²) in [7, 11) is 0. The molecule has 0 bridgehead atoms. The van der Waals surface area contributed by atoms with Crippen LogP contribution in [0, 0.1) is 0 Å². The van der Waals surface area contributed by atoms with Gasteiger partial charge in [0.1, 0.15) is 6.17 Å². The van der Waals surface area contributed by atoms with Crippen molar-refractivity contribution in [3.63, 3.8) is 0 Å². The van der Waals surface area contributed by atoms with Crippen LogP contribution in [0.5, 0.6) is 0 Å². The highest BCUT2D eigenvalue weighted by Crippen LogP contribution is 2.38. The maximum Gasteiger partial charge on any atom is 0.273 e. The van der Waals surface area contributed by atoms with Gasteiger partial charge in [-0.3, -0.25) is 0 Å². The van der Waals surface area contributed by atoms with Gasteiger partial charge in [0.05, 0.1) is 6.20 Å². The Kier molecular flexibility index (Phi) is 3.39. The molecule has 0 N–H and O–H groups in total. The van der Waals surface area contributed by atoms with E-state index in [1.807, 2.05) is 5.06 Å². The molecule has 2 rings (SSSR count). The highest BCUT2D eigenvalue weighted by Gasteiger charge is 2.45. The third-order valence-electron chi connectivity index (χ3n) is 3.12. The molecule has 2 aliphatic rings. The number of unbranched alkanes of at least 4 members (excludes halogenated alkanes) is 3. The lowest BCUT2D eigenvalue weighted by molar-refractivity contribution is 0.0486. The zero-order valence-corrected chi connectivity index (χ0v) is 9.91. The fraction of sp³-hybridized carbons (Fsp3) is 0.833. The van der Waals surface area contributed by atoms with E-state index in [0.717, 1.165) is 5.88 Å². The number of fused-ring (bicyclic) bond motifs is 1. The van der Waals surface area contributed by atoms with Crippen LogP contribution in [0.1, 0.15) is 52.4 Å². The monoisotopic (exact) mass is 210 g/mol. The van der Waals surface area contributed by atoms with Crippen LogP contribution in [0.25, 0.3) is 0 Å².